The first-order valence-corrected chi connectivity index (χ1v) is 6.80. The van der Waals surface area contributed by atoms with E-state index in [9.17, 15) is 9.59 Å². The Morgan fingerprint density at radius 3 is 2.70 bits per heavy atom. The molecule has 0 saturated carbocycles. The van der Waals surface area contributed by atoms with Crippen molar-refractivity contribution in [1.29, 1.82) is 0 Å². The van der Waals surface area contributed by atoms with E-state index in [1.807, 2.05) is 6.92 Å². The molecule has 0 aliphatic heterocycles. The average molecular weight is 279 g/mol. The predicted molar refractivity (Wildman–Crippen MR) is 75.8 cm³/mol. The Bertz CT molecular complexity index is 445. The molecule has 0 radical (unpaired) electrons. The fraction of sp³-hybridized carbons (Fsp3) is 0.467. The van der Waals surface area contributed by atoms with Gasteiger partial charge in [0.25, 0.3) is 0 Å². The number of hydrogen-bond donors (Lipinski definition) is 2. The number of ether oxygens (including phenoxy) is 1. The van der Waals surface area contributed by atoms with Crippen LogP contribution >= 0.6 is 0 Å². The third-order valence-corrected chi connectivity index (χ3v) is 2.79. The zero-order valence-electron chi connectivity index (χ0n) is 11.7. The van der Waals surface area contributed by atoms with E-state index < -0.39 is 5.97 Å². The summed E-state index contributed by atoms with van der Waals surface area (Å²) >= 11 is 0. The monoisotopic (exact) mass is 279 g/mol. The molecule has 0 saturated heterocycles. The quantitative estimate of drug-likeness (QED) is 0.677. The van der Waals surface area contributed by atoms with Crippen LogP contribution in [0.4, 0.5) is 0 Å². The molecule has 20 heavy (non-hydrogen) atoms. The molecule has 1 amide bonds. The number of amides is 1. The Morgan fingerprint density at radius 2 is 2.00 bits per heavy atom. The molecule has 5 nitrogen and oxygen atoms in total. The van der Waals surface area contributed by atoms with E-state index in [2.05, 4.69) is 5.32 Å². The number of nitrogens with one attached hydrogen (secondary N) is 1. The van der Waals surface area contributed by atoms with Gasteiger partial charge in [-0.25, -0.2) is 4.79 Å². The van der Waals surface area contributed by atoms with Crippen LogP contribution in [0.5, 0.6) is 0 Å². The van der Waals surface area contributed by atoms with Crippen LogP contribution in [0, 0.1) is 0 Å². The van der Waals surface area contributed by atoms with Gasteiger partial charge in [0.05, 0.1) is 12.2 Å². The van der Waals surface area contributed by atoms with Gasteiger partial charge < -0.3 is 15.2 Å². The maximum atomic E-state index is 11.5. The Balaban J connectivity index is 2.30. The Hall–Kier alpha value is -1.88. The van der Waals surface area contributed by atoms with Gasteiger partial charge >= 0.3 is 5.97 Å². The molecule has 1 aromatic rings. The van der Waals surface area contributed by atoms with Gasteiger partial charge in [-0.1, -0.05) is 25.1 Å². The number of carbonyl (C=O) groups is 2. The van der Waals surface area contributed by atoms with Gasteiger partial charge in [0.15, 0.2) is 0 Å². The highest BCUT2D eigenvalue weighted by atomic mass is 16.5. The molecule has 0 bridgehead atoms. The van der Waals surface area contributed by atoms with Crippen LogP contribution in [-0.2, 0) is 16.0 Å². The largest absolute Gasteiger partial charge is 0.478 e. The fourth-order valence-electron chi connectivity index (χ4n) is 1.78. The van der Waals surface area contributed by atoms with Crippen LogP contribution in [-0.4, -0.2) is 36.7 Å². The van der Waals surface area contributed by atoms with Gasteiger partial charge in [0.1, 0.15) is 0 Å². The zero-order valence-corrected chi connectivity index (χ0v) is 11.7. The molecule has 0 heterocycles. The minimum atomic E-state index is -0.945. The smallest absolute Gasteiger partial charge is 0.335 e. The van der Waals surface area contributed by atoms with Crippen molar-refractivity contribution in [3.63, 3.8) is 0 Å². The molecule has 110 valence electrons. The Labute approximate surface area is 118 Å². The number of carboxylic acid groups (broad SMARTS) is 1. The predicted octanol–water partition coefficient (Wildman–Crippen LogP) is 1.86. The van der Waals surface area contributed by atoms with Crippen molar-refractivity contribution < 1.29 is 19.4 Å². The van der Waals surface area contributed by atoms with Gasteiger partial charge in [-0.3, -0.25) is 4.79 Å². The van der Waals surface area contributed by atoms with Crippen molar-refractivity contribution in [2.45, 2.75) is 26.2 Å². The Morgan fingerprint density at radius 1 is 1.25 bits per heavy atom. The van der Waals surface area contributed by atoms with E-state index in [1.165, 1.54) is 0 Å². The summed E-state index contributed by atoms with van der Waals surface area (Å²) in [6, 6.07) is 6.82. The second-order valence-electron chi connectivity index (χ2n) is 4.42. The van der Waals surface area contributed by atoms with E-state index in [1.54, 1.807) is 24.3 Å². The number of carboxylic acids is 1. The lowest BCUT2D eigenvalue weighted by atomic mass is 10.0. The van der Waals surface area contributed by atoms with Crippen LogP contribution in [0.25, 0.3) is 0 Å². The average Bonchev–Trinajstić information content (AvgIpc) is 2.44. The molecule has 0 aromatic heterocycles. The number of rotatable bonds is 9. The van der Waals surface area contributed by atoms with E-state index in [-0.39, 0.29) is 11.5 Å². The second-order valence-corrected chi connectivity index (χ2v) is 4.42. The van der Waals surface area contributed by atoms with E-state index >= 15 is 0 Å². The minimum Gasteiger partial charge on any atom is -0.478 e. The van der Waals surface area contributed by atoms with Gasteiger partial charge in [0.2, 0.25) is 5.91 Å². The van der Waals surface area contributed by atoms with E-state index in [0.717, 1.165) is 12.0 Å². The maximum Gasteiger partial charge on any atom is 0.335 e. The first-order valence-electron chi connectivity index (χ1n) is 6.80. The minimum absolute atomic E-state index is 0.0751. The van der Waals surface area contributed by atoms with Crippen LogP contribution in [0.1, 0.15) is 35.7 Å². The van der Waals surface area contributed by atoms with Crippen LogP contribution in [0.15, 0.2) is 24.3 Å². The topological polar surface area (TPSA) is 75.6 Å². The summed E-state index contributed by atoms with van der Waals surface area (Å²) in [6.07, 6.45) is 1.78. The van der Waals surface area contributed by atoms with Crippen LogP contribution in [0.3, 0.4) is 0 Å². The van der Waals surface area contributed by atoms with Crippen molar-refractivity contribution in [3.8, 4) is 0 Å². The van der Waals surface area contributed by atoms with Gasteiger partial charge in [-0.05, 0) is 24.5 Å². The summed E-state index contributed by atoms with van der Waals surface area (Å²) in [5, 5.41) is 11.8. The number of hydrogen-bond acceptors (Lipinski definition) is 3. The third-order valence-electron chi connectivity index (χ3n) is 2.79. The van der Waals surface area contributed by atoms with Crippen molar-refractivity contribution in [1.82, 2.24) is 5.32 Å². The molecular formula is C15H21NO4. The highest BCUT2D eigenvalue weighted by Crippen LogP contribution is 2.08. The summed E-state index contributed by atoms with van der Waals surface area (Å²) in [4.78, 5) is 22.5. The van der Waals surface area contributed by atoms with Gasteiger partial charge in [-0.15, -0.1) is 0 Å². The molecular weight excluding hydrogens is 258 g/mol. The molecule has 0 aliphatic carbocycles. The lowest BCUT2D eigenvalue weighted by Gasteiger charge is -2.08. The first-order chi connectivity index (χ1) is 9.65. The summed E-state index contributed by atoms with van der Waals surface area (Å²) in [5.41, 5.74) is 1.01. The van der Waals surface area contributed by atoms with Crippen molar-refractivity contribution in [2.24, 2.45) is 0 Å². The Kier molecular flexibility index (Phi) is 7.35. The van der Waals surface area contributed by atoms with Crippen molar-refractivity contribution in [2.75, 3.05) is 19.8 Å². The van der Waals surface area contributed by atoms with Gasteiger partial charge in [-0.2, -0.15) is 0 Å². The molecule has 5 heteroatoms. The summed E-state index contributed by atoms with van der Waals surface area (Å²) in [5.74, 6) is -1.02. The van der Waals surface area contributed by atoms with Crippen LogP contribution in [0.2, 0.25) is 0 Å². The standard InChI is InChI=1S/C15H21NO4/c1-2-10-20-11-8-14(17)16-9-7-12-5-3-4-6-13(12)15(18)19/h3-6H,2,7-11H2,1H3,(H,16,17)(H,18,19). The highest BCUT2D eigenvalue weighted by Gasteiger charge is 2.08. The van der Waals surface area contributed by atoms with Crippen LogP contribution < -0.4 is 5.32 Å². The number of carbonyl (C=O) groups excluding carboxylic acids is 1. The number of aromatic carboxylic acids is 1. The molecule has 0 spiro atoms. The molecule has 1 rings (SSSR count). The highest BCUT2D eigenvalue weighted by molar-refractivity contribution is 5.89. The lowest BCUT2D eigenvalue weighted by Crippen LogP contribution is -2.27. The summed E-state index contributed by atoms with van der Waals surface area (Å²) < 4.78 is 5.23. The molecule has 2 N–H and O–H groups in total. The first kappa shape index (κ1) is 16.2. The third kappa shape index (κ3) is 5.84. The fourth-order valence-corrected chi connectivity index (χ4v) is 1.78. The zero-order chi connectivity index (χ0) is 14.8. The van der Waals surface area contributed by atoms with Crippen molar-refractivity contribution >= 4 is 11.9 Å². The summed E-state index contributed by atoms with van der Waals surface area (Å²) in [7, 11) is 0. The molecule has 0 atom stereocenters. The molecule has 1 aromatic carbocycles. The van der Waals surface area contributed by atoms with Crippen molar-refractivity contribution in [3.05, 3.63) is 35.4 Å². The maximum absolute atomic E-state index is 11.5. The normalized spacial score (nSPS) is 10.2. The SMILES string of the molecule is CCCOCCC(=O)NCCc1ccccc1C(=O)O. The lowest BCUT2D eigenvalue weighted by molar-refractivity contribution is -0.122. The van der Waals surface area contributed by atoms with E-state index in [0.29, 0.717) is 32.6 Å². The molecule has 0 unspecified atom stereocenters. The summed E-state index contributed by atoms with van der Waals surface area (Å²) in [6.45, 7) is 3.53. The van der Waals surface area contributed by atoms with E-state index in [4.69, 9.17) is 9.84 Å². The van der Waals surface area contributed by atoms with Gasteiger partial charge in [0, 0.05) is 19.6 Å². The molecule has 0 aliphatic rings. The molecule has 0 fully saturated rings. The second kappa shape index (κ2) is 9.09. The number of benzene rings is 1.